The van der Waals surface area contributed by atoms with Crippen LogP contribution in [0.5, 0.6) is 0 Å². The van der Waals surface area contributed by atoms with Gasteiger partial charge in [0, 0.05) is 19.2 Å². The van der Waals surface area contributed by atoms with Crippen LogP contribution in [0, 0.1) is 10.1 Å². The number of piperidine rings is 1. The first kappa shape index (κ1) is 22.3. The number of rotatable bonds is 7. The zero-order valence-corrected chi connectivity index (χ0v) is 19.3. The van der Waals surface area contributed by atoms with Gasteiger partial charge in [0.05, 0.1) is 25.8 Å². The molecule has 3 heterocycles. The molecule has 1 fully saturated rings. The van der Waals surface area contributed by atoms with E-state index < -0.39 is 20.6 Å². The van der Waals surface area contributed by atoms with Gasteiger partial charge in [-0.05, 0) is 42.8 Å². The fourth-order valence-corrected chi connectivity index (χ4v) is 5.64. The zero-order chi connectivity index (χ0) is 22.7. The molecule has 168 valence electrons. The second-order valence-corrected chi connectivity index (χ2v) is 10.6. The molecule has 1 aliphatic heterocycles. The van der Waals surface area contributed by atoms with Gasteiger partial charge in [0.15, 0.2) is 5.13 Å². The smallest absolute Gasteiger partial charge is 0.295 e. The monoisotopic (exact) mass is 492 g/mol. The van der Waals surface area contributed by atoms with Crippen molar-refractivity contribution < 1.29 is 13.3 Å². The molecule has 0 aliphatic carbocycles. The Labute approximate surface area is 192 Å². The summed E-state index contributed by atoms with van der Waals surface area (Å²) in [7, 11) is -4.06. The maximum Gasteiger partial charge on any atom is 0.295 e. The summed E-state index contributed by atoms with van der Waals surface area (Å²) in [6.07, 6.45) is 5.08. The van der Waals surface area contributed by atoms with Crippen LogP contribution in [-0.4, -0.2) is 37.6 Å². The van der Waals surface area contributed by atoms with Gasteiger partial charge in [0.2, 0.25) is 10.0 Å². The summed E-state index contributed by atoms with van der Waals surface area (Å²) in [5.41, 5.74) is 3.07. The summed E-state index contributed by atoms with van der Waals surface area (Å²) in [6.45, 7) is 1.93. The van der Waals surface area contributed by atoms with Crippen LogP contribution < -0.4 is 15.5 Å². The quantitative estimate of drug-likeness (QED) is 0.289. The lowest BCUT2D eigenvalue weighted by atomic mass is 10.1. The van der Waals surface area contributed by atoms with Crippen LogP contribution in [0.15, 0.2) is 45.7 Å². The molecule has 0 bridgehead atoms. The van der Waals surface area contributed by atoms with E-state index in [0.717, 1.165) is 52.6 Å². The molecule has 0 atom stereocenters. The number of thiazole rings is 1. The van der Waals surface area contributed by atoms with Gasteiger partial charge in [-0.3, -0.25) is 15.5 Å². The number of nitrogens with one attached hydrogen (secondary N) is 1. The third-order valence-electron chi connectivity index (χ3n) is 4.88. The minimum absolute atomic E-state index is 0.0529. The lowest BCUT2D eigenvalue weighted by Crippen LogP contribution is -2.29. The zero-order valence-electron chi connectivity index (χ0n) is 16.8. The first-order valence-electron chi connectivity index (χ1n) is 9.73. The maximum absolute atomic E-state index is 11.5. The molecule has 1 aromatic carbocycles. The van der Waals surface area contributed by atoms with Crippen LogP contribution in [0.2, 0.25) is 0 Å². The average Bonchev–Trinajstić information content (AvgIpc) is 3.43. The number of hydrogen-bond acceptors (Lipinski definition) is 10. The van der Waals surface area contributed by atoms with Crippen LogP contribution in [0.25, 0.3) is 10.6 Å². The molecule has 2 aromatic heterocycles. The average molecular weight is 493 g/mol. The molecule has 13 heteroatoms. The van der Waals surface area contributed by atoms with Crippen molar-refractivity contribution in [3.05, 3.63) is 50.7 Å². The number of benzene rings is 1. The highest BCUT2D eigenvalue weighted by Crippen LogP contribution is 2.35. The minimum Gasteiger partial charge on any atom is -0.348 e. The van der Waals surface area contributed by atoms with Gasteiger partial charge in [0.1, 0.15) is 11.4 Å². The maximum atomic E-state index is 11.5. The van der Waals surface area contributed by atoms with Gasteiger partial charge in [-0.15, -0.1) is 11.3 Å². The highest BCUT2D eigenvalue weighted by Gasteiger charge is 2.20. The van der Waals surface area contributed by atoms with E-state index in [1.165, 1.54) is 29.9 Å². The fourth-order valence-electron chi connectivity index (χ4n) is 3.31. The van der Waals surface area contributed by atoms with E-state index in [2.05, 4.69) is 15.4 Å². The molecular formula is C19H20N6O4S3. The van der Waals surface area contributed by atoms with E-state index in [1.54, 1.807) is 17.6 Å². The summed E-state index contributed by atoms with van der Waals surface area (Å²) in [4.78, 5) is 19.3. The van der Waals surface area contributed by atoms with Crippen molar-refractivity contribution in [2.45, 2.75) is 24.2 Å². The Morgan fingerprint density at radius 2 is 2.03 bits per heavy atom. The third kappa shape index (κ3) is 4.96. The molecule has 0 radical (unpaired) electrons. The van der Waals surface area contributed by atoms with Crippen molar-refractivity contribution in [1.82, 2.24) is 4.98 Å². The van der Waals surface area contributed by atoms with Gasteiger partial charge in [-0.25, -0.2) is 18.5 Å². The van der Waals surface area contributed by atoms with Gasteiger partial charge in [-0.1, -0.05) is 17.4 Å². The highest BCUT2D eigenvalue weighted by molar-refractivity contribution is 7.89. The van der Waals surface area contributed by atoms with E-state index in [9.17, 15) is 18.5 Å². The normalized spacial score (nSPS) is 14.7. The Morgan fingerprint density at radius 3 is 2.69 bits per heavy atom. The molecule has 0 saturated carbocycles. The predicted molar refractivity (Wildman–Crippen MR) is 127 cm³/mol. The number of thiophene rings is 1. The molecule has 4 rings (SSSR count). The molecule has 1 aliphatic rings. The topological polar surface area (TPSA) is 144 Å². The molecule has 3 aromatic rings. The van der Waals surface area contributed by atoms with Crippen molar-refractivity contribution in [1.29, 1.82) is 0 Å². The first-order valence-corrected chi connectivity index (χ1v) is 13.0. The van der Waals surface area contributed by atoms with Crippen molar-refractivity contribution in [3.63, 3.8) is 0 Å². The molecule has 3 N–H and O–H groups in total. The van der Waals surface area contributed by atoms with Crippen LogP contribution in [0.1, 0.15) is 24.1 Å². The fraction of sp³-hybridized carbons (Fsp3) is 0.263. The number of nitro groups is 1. The number of hydrogen-bond donors (Lipinski definition) is 2. The lowest BCUT2D eigenvalue weighted by Gasteiger charge is -2.25. The Bertz CT molecular complexity index is 1250. The molecule has 0 unspecified atom stereocenters. The summed E-state index contributed by atoms with van der Waals surface area (Å²) in [5, 5.41) is 23.5. The largest absolute Gasteiger partial charge is 0.348 e. The SMILES string of the molecule is NS(=O)(=O)c1ccc(N/N=C/c2sc(N3CCCCC3)nc2-c2cccs2)c([N+](=O)[O-])c1. The van der Waals surface area contributed by atoms with E-state index in [-0.39, 0.29) is 10.6 Å². The molecule has 32 heavy (non-hydrogen) atoms. The third-order valence-corrected chi connectivity index (χ3v) is 7.72. The van der Waals surface area contributed by atoms with Crippen LogP contribution in [0.4, 0.5) is 16.5 Å². The number of anilines is 2. The van der Waals surface area contributed by atoms with Gasteiger partial charge in [0.25, 0.3) is 5.69 Å². The predicted octanol–water partition coefficient (Wildman–Crippen LogP) is 3.86. The highest BCUT2D eigenvalue weighted by atomic mass is 32.2. The number of nitrogens with two attached hydrogens (primary N) is 1. The molecule has 1 saturated heterocycles. The number of sulfonamides is 1. The second kappa shape index (κ2) is 9.32. The Kier molecular flexibility index (Phi) is 6.50. The molecule has 10 nitrogen and oxygen atoms in total. The van der Waals surface area contributed by atoms with Crippen molar-refractivity contribution >= 4 is 55.4 Å². The van der Waals surface area contributed by atoms with Crippen LogP contribution in [-0.2, 0) is 10.0 Å². The Hall–Kier alpha value is -2.87. The summed E-state index contributed by atoms with van der Waals surface area (Å²) in [5.74, 6) is 0. The molecule has 0 amide bonds. The van der Waals surface area contributed by atoms with Gasteiger partial charge >= 0.3 is 0 Å². The van der Waals surface area contributed by atoms with Crippen molar-refractivity contribution in [3.8, 4) is 10.6 Å². The second-order valence-electron chi connectivity index (χ2n) is 7.09. The van der Waals surface area contributed by atoms with Gasteiger partial charge < -0.3 is 4.90 Å². The Morgan fingerprint density at radius 1 is 1.25 bits per heavy atom. The van der Waals surface area contributed by atoms with E-state index in [4.69, 9.17) is 10.1 Å². The van der Waals surface area contributed by atoms with E-state index >= 15 is 0 Å². The lowest BCUT2D eigenvalue weighted by molar-refractivity contribution is -0.384. The van der Waals surface area contributed by atoms with E-state index in [0.29, 0.717) is 0 Å². The number of aromatic nitrogens is 1. The van der Waals surface area contributed by atoms with Crippen molar-refractivity contribution in [2.75, 3.05) is 23.4 Å². The number of primary sulfonamides is 1. The summed E-state index contributed by atoms with van der Waals surface area (Å²) in [6, 6.07) is 7.31. The number of hydrazone groups is 1. The van der Waals surface area contributed by atoms with Crippen molar-refractivity contribution in [2.24, 2.45) is 10.2 Å². The van der Waals surface area contributed by atoms with Gasteiger partial charge in [-0.2, -0.15) is 5.10 Å². The van der Waals surface area contributed by atoms with Crippen LogP contribution in [0.3, 0.4) is 0 Å². The number of nitrogens with zero attached hydrogens (tertiary/aromatic N) is 4. The minimum atomic E-state index is -4.06. The standard InChI is InChI=1S/C19H20N6O4S3/c20-32(28,29)13-6-7-14(15(11-13)25(26)27)23-21-12-17-18(16-5-4-10-30-16)22-19(31-17)24-8-2-1-3-9-24/h4-7,10-12,23H,1-3,8-9H2,(H2,20,28,29)/b21-12+. The summed E-state index contributed by atoms with van der Waals surface area (Å²) < 4.78 is 23.0. The molecule has 0 spiro atoms. The Balaban J connectivity index is 1.62. The van der Waals surface area contributed by atoms with E-state index in [1.807, 2.05) is 17.5 Å². The first-order chi connectivity index (χ1) is 15.3. The number of nitro benzene ring substituents is 1. The summed E-state index contributed by atoms with van der Waals surface area (Å²) >= 11 is 3.09. The molecular weight excluding hydrogens is 472 g/mol. The van der Waals surface area contributed by atoms with Crippen LogP contribution >= 0.6 is 22.7 Å².